The highest BCUT2D eigenvalue weighted by molar-refractivity contribution is 6.36. The summed E-state index contributed by atoms with van der Waals surface area (Å²) in [6.07, 6.45) is 3.29. The highest BCUT2D eigenvalue weighted by atomic mass is 35.5. The van der Waals surface area contributed by atoms with E-state index in [2.05, 4.69) is 10.3 Å². The molecule has 2 amide bonds. The van der Waals surface area contributed by atoms with Crippen molar-refractivity contribution in [1.29, 1.82) is 0 Å². The highest BCUT2D eigenvalue weighted by Gasteiger charge is 2.39. The second kappa shape index (κ2) is 8.85. The maximum Gasteiger partial charge on any atom is 0.278 e. The number of halogens is 1. The molecule has 162 valence electrons. The number of hydrogen-bond donors (Lipinski definition) is 1. The predicted octanol–water partition coefficient (Wildman–Crippen LogP) is 4.75. The molecule has 2 heterocycles. The van der Waals surface area contributed by atoms with Crippen LogP contribution in [0.3, 0.4) is 0 Å². The van der Waals surface area contributed by atoms with Gasteiger partial charge in [-0.25, -0.2) is 0 Å². The number of benzene rings is 2. The fraction of sp³-hybridized carbons (Fsp3) is 0.160. The number of aromatic nitrogens is 1. The van der Waals surface area contributed by atoms with Crippen molar-refractivity contribution in [2.75, 3.05) is 12.4 Å². The Morgan fingerprint density at radius 1 is 1.03 bits per heavy atom. The van der Waals surface area contributed by atoms with E-state index in [0.717, 1.165) is 16.7 Å². The third kappa shape index (κ3) is 4.09. The number of aryl methyl sites for hydroxylation is 2. The van der Waals surface area contributed by atoms with Crippen molar-refractivity contribution in [3.05, 3.63) is 93.9 Å². The number of rotatable bonds is 6. The van der Waals surface area contributed by atoms with Crippen LogP contribution in [0.5, 0.6) is 5.75 Å². The smallest absolute Gasteiger partial charge is 0.278 e. The number of nitrogens with zero attached hydrogens (tertiary/aromatic N) is 2. The van der Waals surface area contributed by atoms with Crippen LogP contribution in [0.1, 0.15) is 22.3 Å². The molecule has 1 aliphatic rings. The number of methoxy groups -OCH3 is 1. The molecule has 0 fully saturated rings. The van der Waals surface area contributed by atoms with Crippen molar-refractivity contribution in [3.63, 3.8) is 0 Å². The molecule has 0 atom stereocenters. The van der Waals surface area contributed by atoms with Crippen LogP contribution in [0.4, 0.5) is 5.69 Å². The summed E-state index contributed by atoms with van der Waals surface area (Å²) in [4.78, 5) is 32.2. The number of amides is 2. The van der Waals surface area contributed by atoms with Gasteiger partial charge in [0.1, 0.15) is 11.4 Å². The summed E-state index contributed by atoms with van der Waals surface area (Å²) in [5.41, 5.74) is 4.55. The first-order valence-electron chi connectivity index (χ1n) is 10.1. The van der Waals surface area contributed by atoms with Gasteiger partial charge in [-0.3, -0.25) is 19.5 Å². The van der Waals surface area contributed by atoms with Crippen molar-refractivity contribution in [3.8, 4) is 5.75 Å². The minimum atomic E-state index is -0.422. The Morgan fingerprint density at radius 3 is 2.53 bits per heavy atom. The topological polar surface area (TPSA) is 71.5 Å². The summed E-state index contributed by atoms with van der Waals surface area (Å²) in [5.74, 6) is -0.285. The monoisotopic (exact) mass is 447 g/mol. The van der Waals surface area contributed by atoms with E-state index in [1.54, 1.807) is 36.7 Å². The molecule has 1 aliphatic heterocycles. The number of pyridine rings is 1. The molecule has 0 bridgehead atoms. The molecule has 0 spiro atoms. The molecule has 4 rings (SSSR count). The number of imide groups is 1. The molecule has 1 N–H and O–H groups in total. The van der Waals surface area contributed by atoms with E-state index in [1.807, 2.05) is 38.1 Å². The first-order chi connectivity index (χ1) is 15.4. The van der Waals surface area contributed by atoms with E-state index in [0.29, 0.717) is 27.6 Å². The molecule has 7 heteroatoms. The van der Waals surface area contributed by atoms with Crippen LogP contribution in [0.2, 0.25) is 5.02 Å². The van der Waals surface area contributed by atoms with E-state index in [4.69, 9.17) is 16.3 Å². The lowest BCUT2D eigenvalue weighted by molar-refractivity contribution is -0.137. The van der Waals surface area contributed by atoms with E-state index in [9.17, 15) is 9.59 Å². The van der Waals surface area contributed by atoms with Gasteiger partial charge < -0.3 is 10.1 Å². The number of ether oxygens (including phenoxy) is 1. The molecule has 6 nitrogen and oxygen atoms in total. The summed E-state index contributed by atoms with van der Waals surface area (Å²) in [6, 6.07) is 14.4. The molecule has 0 aliphatic carbocycles. The van der Waals surface area contributed by atoms with Gasteiger partial charge in [0.25, 0.3) is 11.8 Å². The fourth-order valence-corrected chi connectivity index (χ4v) is 3.76. The van der Waals surface area contributed by atoms with E-state index in [1.165, 1.54) is 12.0 Å². The van der Waals surface area contributed by atoms with Crippen molar-refractivity contribution >= 4 is 34.7 Å². The lowest BCUT2D eigenvalue weighted by Gasteiger charge is -2.16. The summed E-state index contributed by atoms with van der Waals surface area (Å²) in [5, 5.41) is 3.60. The van der Waals surface area contributed by atoms with Gasteiger partial charge in [-0.05, 0) is 60.4 Å². The van der Waals surface area contributed by atoms with Gasteiger partial charge >= 0.3 is 0 Å². The number of anilines is 1. The molecular formula is C25H22ClN3O3. The van der Waals surface area contributed by atoms with Crippen LogP contribution in [0.25, 0.3) is 5.57 Å². The van der Waals surface area contributed by atoms with Crippen LogP contribution in [-0.4, -0.2) is 28.8 Å². The first-order valence-corrected chi connectivity index (χ1v) is 10.4. The average molecular weight is 448 g/mol. The van der Waals surface area contributed by atoms with Gasteiger partial charge in [0.15, 0.2) is 0 Å². The van der Waals surface area contributed by atoms with Crippen LogP contribution >= 0.6 is 11.6 Å². The molecular weight excluding hydrogens is 426 g/mol. The van der Waals surface area contributed by atoms with Gasteiger partial charge in [0, 0.05) is 17.4 Å². The van der Waals surface area contributed by atoms with Crippen LogP contribution in [-0.2, 0) is 16.1 Å². The molecule has 0 unspecified atom stereocenters. The average Bonchev–Trinajstić information content (AvgIpc) is 3.01. The normalized spacial score (nSPS) is 13.7. The number of nitrogens with one attached hydrogen (secondary N) is 1. The molecule has 1 aromatic heterocycles. The quantitative estimate of drug-likeness (QED) is 0.552. The minimum absolute atomic E-state index is 0.123. The van der Waals surface area contributed by atoms with Crippen LogP contribution in [0, 0.1) is 13.8 Å². The highest BCUT2D eigenvalue weighted by Crippen LogP contribution is 2.35. The van der Waals surface area contributed by atoms with Crippen molar-refractivity contribution in [2.45, 2.75) is 20.4 Å². The summed E-state index contributed by atoms with van der Waals surface area (Å²) in [6.45, 7) is 4.10. The lowest BCUT2D eigenvalue weighted by Crippen LogP contribution is -2.32. The Bertz CT molecular complexity index is 1240. The second-order valence-electron chi connectivity index (χ2n) is 7.58. The van der Waals surface area contributed by atoms with Gasteiger partial charge in [0.05, 0.1) is 24.9 Å². The molecule has 2 aromatic carbocycles. The summed E-state index contributed by atoms with van der Waals surface area (Å²) in [7, 11) is 1.53. The lowest BCUT2D eigenvalue weighted by atomic mass is 9.99. The minimum Gasteiger partial charge on any atom is -0.495 e. The third-order valence-electron chi connectivity index (χ3n) is 5.45. The SMILES string of the molecule is COc1ccc(Cl)cc1NC1=C(c2ccc(C)c(C)c2)C(=O)N(Cc2cccnc2)C1=O. The number of carbonyl (C=O) groups is 2. The zero-order valence-corrected chi connectivity index (χ0v) is 18.7. The summed E-state index contributed by atoms with van der Waals surface area (Å²) >= 11 is 6.17. The Labute approximate surface area is 191 Å². The molecule has 3 aromatic rings. The Balaban J connectivity index is 1.81. The Hall–Kier alpha value is -3.64. The zero-order chi connectivity index (χ0) is 22.8. The molecule has 0 saturated heterocycles. The van der Waals surface area contributed by atoms with E-state index in [-0.39, 0.29) is 18.1 Å². The van der Waals surface area contributed by atoms with E-state index < -0.39 is 5.91 Å². The third-order valence-corrected chi connectivity index (χ3v) is 5.68. The maximum absolute atomic E-state index is 13.5. The number of hydrogen-bond acceptors (Lipinski definition) is 5. The van der Waals surface area contributed by atoms with Crippen molar-refractivity contribution < 1.29 is 14.3 Å². The molecule has 0 saturated carbocycles. The molecule has 32 heavy (non-hydrogen) atoms. The van der Waals surface area contributed by atoms with Gasteiger partial charge in [-0.15, -0.1) is 0 Å². The Kier molecular flexibility index (Phi) is 5.97. The molecule has 0 radical (unpaired) electrons. The van der Waals surface area contributed by atoms with Crippen molar-refractivity contribution in [1.82, 2.24) is 9.88 Å². The second-order valence-corrected chi connectivity index (χ2v) is 8.01. The van der Waals surface area contributed by atoms with Gasteiger partial charge in [-0.2, -0.15) is 0 Å². The summed E-state index contributed by atoms with van der Waals surface area (Å²) < 4.78 is 5.41. The number of carbonyl (C=O) groups excluding carboxylic acids is 2. The van der Waals surface area contributed by atoms with Crippen molar-refractivity contribution in [2.24, 2.45) is 0 Å². The maximum atomic E-state index is 13.5. The van der Waals surface area contributed by atoms with Crippen LogP contribution in [0.15, 0.2) is 66.6 Å². The van der Waals surface area contributed by atoms with E-state index >= 15 is 0 Å². The van der Waals surface area contributed by atoms with Crippen LogP contribution < -0.4 is 10.1 Å². The largest absolute Gasteiger partial charge is 0.495 e. The fourth-order valence-electron chi connectivity index (χ4n) is 3.59. The Morgan fingerprint density at radius 2 is 1.84 bits per heavy atom. The zero-order valence-electron chi connectivity index (χ0n) is 18.0. The first kappa shape index (κ1) is 21.6. The predicted molar refractivity (Wildman–Crippen MR) is 124 cm³/mol. The van der Waals surface area contributed by atoms with Gasteiger partial charge in [0.2, 0.25) is 0 Å². The van der Waals surface area contributed by atoms with Gasteiger partial charge in [-0.1, -0.05) is 35.9 Å². The standard InChI is InChI=1S/C25H22ClN3O3/c1-15-6-7-18(11-16(15)2)22-23(28-20-12-19(26)8-9-21(20)32-3)25(31)29(24(22)30)14-17-5-4-10-27-13-17/h4-13,28H,14H2,1-3H3.